The first-order valence-corrected chi connectivity index (χ1v) is 14.0. The van der Waals surface area contributed by atoms with Crippen LogP contribution in [0.15, 0.2) is 103 Å². The van der Waals surface area contributed by atoms with Gasteiger partial charge in [-0.1, -0.05) is 67.1 Å². The molecule has 196 valence electrons. The van der Waals surface area contributed by atoms with E-state index in [0.717, 1.165) is 55.9 Å². The number of para-hydroxylation sites is 1. The van der Waals surface area contributed by atoms with Gasteiger partial charge in [0.1, 0.15) is 0 Å². The van der Waals surface area contributed by atoms with Crippen molar-refractivity contribution in [3.05, 3.63) is 137 Å². The Labute approximate surface area is 231 Å². The SMILES string of the molecule is c1ccc(CNCc2ccc(CN(Cc3ccc4ccccc4n3)C3CCCCc4cccnc43)cc2)nc1. The zero-order valence-electron chi connectivity index (χ0n) is 22.3. The van der Waals surface area contributed by atoms with Gasteiger partial charge in [0.15, 0.2) is 0 Å². The molecule has 5 nitrogen and oxygen atoms in total. The van der Waals surface area contributed by atoms with Crippen LogP contribution in [0.3, 0.4) is 0 Å². The van der Waals surface area contributed by atoms with Crippen molar-refractivity contribution in [2.75, 3.05) is 0 Å². The van der Waals surface area contributed by atoms with Crippen LogP contribution in [-0.4, -0.2) is 19.9 Å². The highest BCUT2D eigenvalue weighted by molar-refractivity contribution is 5.78. The Morgan fingerprint density at radius 3 is 2.44 bits per heavy atom. The van der Waals surface area contributed by atoms with E-state index in [1.165, 1.54) is 40.6 Å². The van der Waals surface area contributed by atoms with Crippen LogP contribution in [0, 0.1) is 0 Å². The normalized spacial score (nSPS) is 15.3. The summed E-state index contributed by atoms with van der Waals surface area (Å²) >= 11 is 0. The lowest BCUT2D eigenvalue weighted by Crippen LogP contribution is -2.29. The van der Waals surface area contributed by atoms with Gasteiger partial charge in [0, 0.05) is 44.0 Å². The summed E-state index contributed by atoms with van der Waals surface area (Å²) in [6.45, 7) is 3.24. The number of hydrogen-bond donors (Lipinski definition) is 1. The van der Waals surface area contributed by atoms with Gasteiger partial charge in [-0.15, -0.1) is 0 Å². The van der Waals surface area contributed by atoms with Crippen molar-refractivity contribution in [3.8, 4) is 0 Å². The molecule has 1 atom stereocenters. The Bertz CT molecular complexity index is 1500. The second-order valence-electron chi connectivity index (χ2n) is 10.5. The Hall–Kier alpha value is -3.93. The van der Waals surface area contributed by atoms with E-state index in [-0.39, 0.29) is 6.04 Å². The summed E-state index contributed by atoms with van der Waals surface area (Å²) in [5.41, 5.74) is 8.44. The van der Waals surface area contributed by atoms with Crippen LogP contribution in [-0.2, 0) is 32.6 Å². The van der Waals surface area contributed by atoms with E-state index in [4.69, 9.17) is 9.97 Å². The number of rotatable bonds is 9. The molecule has 3 aromatic heterocycles. The topological polar surface area (TPSA) is 53.9 Å². The van der Waals surface area contributed by atoms with Crippen molar-refractivity contribution in [2.24, 2.45) is 0 Å². The average molecular weight is 514 g/mol. The number of fused-ring (bicyclic) bond motifs is 2. The Morgan fingerprint density at radius 2 is 1.54 bits per heavy atom. The molecule has 6 rings (SSSR count). The predicted octanol–water partition coefficient (Wildman–Crippen LogP) is 6.78. The van der Waals surface area contributed by atoms with E-state index in [2.05, 4.69) is 94.1 Å². The minimum atomic E-state index is 0.275. The van der Waals surface area contributed by atoms with Gasteiger partial charge in [-0.05, 0) is 66.3 Å². The lowest BCUT2D eigenvalue weighted by Gasteiger charge is -2.31. The number of hydrogen-bond acceptors (Lipinski definition) is 5. The number of benzene rings is 2. The monoisotopic (exact) mass is 513 g/mol. The molecule has 0 fully saturated rings. The van der Waals surface area contributed by atoms with Gasteiger partial charge in [-0.2, -0.15) is 0 Å². The molecule has 39 heavy (non-hydrogen) atoms. The van der Waals surface area contributed by atoms with Crippen LogP contribution >= 0.6 is 0 Å². The van der Waals surface area contributed by atoms with Crippen LogP contribution in [0.4, 0.5) is 0 Å². The van der Waals surface area contributed by atoms with Crippen LogP contribution in [0.25, 0.3) is 10.9 Å². The maximum Gasteiger partial charge on any atom is 0.0705 e. The standard InChI is InChI=1S/C34H35N5/c1-3-12-32-28(8-1)18-19-31(38-32)25-39(33-13-4-2-9-29-10-7-21-37-34(29)33)24-27-16-14-26(15-17-27)22-35-23-30-11-5-6-20-36-30/h1,3,5-8,10-12,14-21,33,35H,2,4,9,13,22-25H2. The molecule has 5 aromatic rings. The molecule has 5 heteroatoms. The van der Waals surface area contributed by atoms with Crippen LogP contribution in [0.1, 0.15) is 59.1 Å². The first-order chi connectivity index (χ1) is 19.3. The molecule has 0 aliphatic heterocycles. The highest BCUT2D eigenvalue weighted by Gasteiger charge is 2.26. The molecular formula is C34H35N5. The van der Waals surface area contributed by atoms with Gasteiger partial charge in [-0.25, -0.2) is 0 Å². The van der Waals surface area contributed by atoms with E-state index in [1.54, 1.807) is 0 Å². The molecule has 0 bridgehead atoms. The third kappa shape index (κ3) is 6.39. The van der Waals surface area contributed by atoms with E-state index in [0.29, 0.717) is 0 Å². The fraction of sp³-hybridized carbons (Fsp3) is 0.265. The molecule has 0 saturated carbocycles. The minimum absolute atomic E-state index is 0.275. The van der Waals surface area contributed by atoms with Crippen LogP contribution < -0.4 is 5.32 Å². The Kier molecular flexibility index (Phi) is 7.99. The quantitative estimate of drug-likeness (QED) is 0.220. The molecule has 1 aliphatic carbocycles. The molecule has 1 aliphatic rings. The van der Waals surface area contributed by atoms with Crippen LogP contribution in [0.5, 0.6) is 0 Å². The summed E-state index contributed by atoms with van der Waals surface area (Å²) < 4.78 is 0. The largest absolute Gasteiger partial charge is 0.307 e. The summed E-state index contributed by atoms with van der Waals surface area (Å²) in [5, 5.41) is 4.69. The third-order valence-electron chi connectivity index (χ3n) is 7.65. The van der Waals surface area contributed by atoms with Crippen molar-refractivity contribution >= 4 is 10.9 Å². The van der Waals surface area contributed by atoms with Gasteiger partial charge in [0.25, 0.3) is 0 Å². The molecule has 3 heterocycles. The molecule has 0 saturated heterocycles. The molecule has 1 N–H and O–H groups in total. The van der Waals surface area contributed by atoms with Crippen molar-refractivity contribution in [1.29, 1.82) is 0 Å². The number of aryl methyl sites for hydroxylation is 1. The zero-order chi connectivity index (χ0) is 26.3. The van der Waals surface area contributed by atoms with E-state index in [1.807, 2.05) is 24.5 Å². The van der Waals surface area contributed by atoms with Crippen molar-refractivity contribution in [1.82, 2.24) is 25.2 Å². The zero-order valence-corrected chi connectivity index (χ0v) is 22.3. The van der Waals surface area contributed by atoms with E-state index in [9.17, 15) is 0 Å². The summed E-state index contributed by atoms with van der Waals surface area (Å²) in [5.74, 6) is 0. The number of nitrogens with one attached hydrogen (secondary N) is 1. The first kappa shape index (κ1) is 25.4. The second kappa shape index (κ2) is 12.3. The van der Waals surface area contributed by atoms with Gasteiger partial charge >= 0.3 is 0 Å². The van der Waals surface area contributed by atoms with Gasteiger partial charge in [0.2, 0.25) is 0 Å². The molecule has 0 radical (unpaired) electrons. The van der Waals surface area contributed by atoms with Crippen LogP contribution in [0.2, 0.25) is 0 Å². The third-order valence-corrected chi connectivity index (χ3v) is 7.65. The fourth-order valence-corrected chi connectivity index (χ4v) is 5.62. The number of aromatic nitrogens is 3. The minimum Gasteiger partial charge on any atom is -0.307 e. The molecule has 0 amide bonds. The van der Waals surface area contributed by atoms with Crippen molar-refractivity contribution in [3.63, 3.8) is 0 Å². The van der Waals surface area contributed by atoms with Gasteiger partial charge in [0.05, 0.1) is 28.6 Å². The highest BCUT2D eigenvalue weighted by atomic mass is 15.2. The smallest absolute Gasteiger partial charge is 0.0705 e. The highest BCUT2D eigenvalue weighted by Crippen LogP contribution is 2.34. The summed E-state index contributed by atoms with van der Waals surface area (Å²) in [6, 6.07) is 32.4. The van der Waals surface area contributed by atoms with E-state index < -0.39 is 0 Å². The van der Waals surface area contributed by atoms with E-state index >= 15 is 0 Å². The molecule has 1 unspecified atom stereocenters. The lowest BCUT2D eigenvalue weighted by molar-refractivity contribution is 0.163. The number of nitrogens with zero attached hydrogens (tertiary/aromatic N) is 4. The summed E-state index contributed by atoms with van der Waals surface area (Å²) in [7, 11) is 0. The first-order valence-electron chi connectivity index (χ1n) is 14.0. The Balaban J connectivity index is 1.22. The van der Waals surface area contributed by atoms with Gasteiger partial charge in [-0.3, -0.25) is 19.9 Å². The molecule has 0 spiro atoms. The fourth-order valence-electron chi connectivity index (χ4n) is 5.62. The number of pyridine rings is 3. The summed E-state index contributed by atoms with van der Waals surface area (Å²) in [6.07, 6.45) is 8.46. The maximum absolute atomic E-state index is 5.03. The lowest BCUT2D eigenvalue weighted by atomic mass is 10.0. The van der Waals surface area contributed by atoms with Gasteiger partial charge < -0.3 is 5.32 Å². The van der Waals surface area contributed by atoms with Crippen molar-refractivity contribution < 1.29 is 0 Å². The average Bonchev–Trinajstić information content (AvgIpc) is 3.21. The summed E-state index contributed by atoms with van der Waals surface area (Å²) in [4.78, 5) is 16.9. The molecular weight excluding hydrogens is 478 g/mol. The maximum atomic E-state index is 5.03. The van der Waals surface area contributed by atoms with Crippen molar-refractivity contribution in [2.45, 2.75) is 57.9 Å². The molecule has 2 aromatic carbocycles. The Morgan fingerprint density at radius 1 is 0.692 bits per heavy atom. The predicted molar refractivity (Wildman–Crippen MR) is 157 cm³/mol. The second-order valence-corrected chi connectivity index (χ2v) is 10.5.